The molecular formula is C11H12N2O2S2. The third kappa shape index (κ3) is 3.10. The highest BCUT2D eigenvalue weighted by molar-refractivity contribution is 7.99. The van der Waals surface area contributed by atoms with Crippen molar-refractivity contribution >= 4 is 29.1 Å². The molecule has 2 aromatic heterocycles. The molecule has 0 saturated heterocycles. The van der Waals surface area contributed by atoms with E-state index >= 15 is 0 Å². The number of aliphatic carboxylic acids is 1. The number of aromatic nitrogens is 2. The highest BCUT2D eigenvalue weighted by Gasteiger charge is 2.10. The molecule has 0 aliphatic rings. The van der Waals surface area contributed by atoms with Crippen LogP contribution in [0.3, 0.4) is 0 Å². The highest BCUT2D eigenvalue weighted by Crippen LogP contribution is 2.20. The molecule has 0 aromatic carbocycles. The summed E-state index contributed by atoms with van der Waals surface area (Å²) in [5, 5.41) is 13.6. The molecule has 0 radical (unpaired) electrons. The predicted octanol–water partition coefficient (Wildman–Crippen LogP) is 2.48. The van der Waals surface area contributed by atoms with Gasteiger partial charge in [-0.3, -0.25) is 4.79 Å². The Morgan fingerprint density at radius 2 is 2.47 bits per heavy atom. The summed E-state index contributed by atoms with van der Waals surface area (Å²) in [4.78, 5) is 14.8. The second-order valence-electron chi connectivity index (χ2n) is 3.58. The van der Waals surface area contributed by atoms with Gasteiger partial charge in [0.1, 0.15) is 0 Å². The van der Waals surface area contributed by atoms with Crippen LogP contribution in [-0.4, -0.2) is 26.4 Å². The second-order valence-corrected chi connectivity index (χ2v) is 5.30. The molecule has 0 bridgehead atoms. The summed E-state index contributed by atoms with van der Waals surface area (Å²) < 4.78 is 2.04. The number of hydrogen-bond donors (Lipinski definition) is 1. The number of carbonyl (C=O) groups is 1. The van der Waals surface area contributed by atoms with E-state index in [2.05, 4.69) is 16.4 Å². The predicted molar refractivity (Wildman–Crippen MR) is 68.7 cm³/mol. The Bertz CT molecular complexity index is 506. The lowest BCUT2D eigenvalue weighted by Gasteiger charge is -2.07. The highest BCUT2D eigenvalue weighted by atomic mass is 32.2. The van der Waals surface area contributed by atoms with Crippen LogP contribution >= 0.6 is 23.1 Å². The van der Waals surface area contributed by atoms with E-state index in [9.17, 15) is 4.79 Å². The zero-order valence-electron chi connectivity index (χ0n) is 9.29. The SMILES string of the molecule is Cc1cnc(SCC(=O)O)n1Cc1ccsc1. The fourth-order valence-electron chi connectivity index (χ4n) is 1.44. The lowest BCUT2D eigenvalue weighted by atomic mass is 10.3. The smallest absolute Gasteiger partial charge is 0.313 e. The number of carboxylic acid groups (broad SMARTS) is 1. The van der Waals surface area contributed by atoms with Crippen LogP contribution in [-0.2, 0) is 11.3 Å². The van der Waals surface area contributed by atoms with Crippen LogP contribution in [0.5, 0.6) is 0 Å². The number of hydrogen-bond acceptors (Lipinski definition) is 4. The van der Waals surface area contributed by atoms with Crippen molar-refractivity contribution in [3.05, 3.63) is 34.3 Å². The third-order valence-corrected chi connectivity index (χ3v) is 3.97. The van der Waals surface area contributed by atoms with Gasteiger partial charge >= 0.3 is 5.97 Å². The molecule has 90 valence electrons. The van der Waals surface area contributed by atoms with E-state index < -0.39 is 5.97 Å². The number of aryl methyl sites for hydroxylation is 1. The Labute approximate surface area is 107 Å². The first kappa shape index (κ1) is 12.2. The van der Waals surface area contributed by atoms with Gasteiger partial charge in [0.2, 0.25) is 0 Å². The van der Waals surface area contributed by atoms with Crippen molar-refractivity contribution in [2.45, 2.75) is 18.6 Å². The Kier molecular flexibility index (Phi) is 3.86. The molecule has 0 atom stereocenters. The van der Waals surface area contributed by atoms with E-state index in [4.69, 9.17) is 5.11 Å². The topological polar surface area (TPSA) is 55.1 Å². The number of thioether (sulfide) groups is 1. The molecule has 0 unspecified atom stereocenters. The van der Waals surface area contributed by atoms with Crippen molar-refractivity contribution in [3.63, 3.8) is 0 Å². The van der Waals surface area contributed by atoms with E-state index in [0.29, 0.717) is 0 Å². The molecule has 6 heteroatoms. The van der Waals surface area contributed by atoms with Crippen LogP contribution in [0.25, 0.3) is 0 Å². The summed E-state index contributed by atoms with van der Waals surface area (Å²) in [5.74, 6) is -0.780. The fraction of sp³-hybridized carbons (Fsp3) is 0.273. The first-order valence-corrected chi connectivity index (χ1v) is 6.97. The van der Waals surface area contributed by atoms with Gasteiger partial charge in [0.15, 0.2) is 5.16 Å². The largest absolute Gasteiger partial charge is 0.481 e. The molecule has 2 heterocycles. The van der Waals surface area contributed by atoms with Crippen LogP contribution in [0, 0.1) is 6.92 Å². The Morgan fingerprint density at radius 1 is 1.65 bits per heavy atom. The number of thiophene rings is 1. The van der Waals surface area contributed by atoms with Gasteiger partial charge in [-0.25, -0.2) is 4.98 Å². The van der Waals surface area contributed by atoms with E-state index in [-0.39, 0.29) is 5.75 Å². The number of carboxylic acids is 1. The molecule has 1 N–H and O–H groups in total. The van der Waals surface area contributed by atoms with Crippen molar-refractivity contribution < 1.29 is 9.90 Å². The minimum absolute atomic E-state index is 0.0418. The first-order valence-electron chi connectivity index (χ1n) is 5.04. The Hall–Kier alpha value is -1.27. The lowest BCUT2D eigenvalue weighted by Crippen LogP contribution is -2.05. The minimum atomic E-state index is -0.822. The van der Waals surface area contributed by atoms with Crippen LogP contribution in [0.1, 0.15) is 11.3 Å². The summed E-state index contributed by atoms with van der Waals surface area (Å²) >= 11 is 2.91. The summed E-state index contributed by atoms with van der Waals surface area (Å²) in [5.41, 5.74) is 2.26. The van der Waals surface area contributed by atoms with Crippen LogP contribution in [0.4, 0.5) is 0 Å². The molecule has 2 rings (SSSR count). The minimum Gasteiger partial charge on any atom is -0.481 e. The maximum absolute atomic E-state index is 10.6. The lowest BCUT2D eigenvalue weighted by molar-refractivity contribution is -0.133. The molecule has 0 aliphatic heterocycles. The van der Waals surface area contributed by atoms with Crippen molar-refractivity contribution in [2.24, 2.45) is 0 Å². The number of rotatable bonds is 5. The summed E-state index contributed by atoms with van der Waals surface area (Å²) in [7, 11) is 0. The average molecular weight is 268 g/mol. The molecular weight excluding hydrogens is 256 g/mol. The molecule has 4 nitrogen and oxygen atoms in total. The normalized spacial score (nSPS) is 10.6. The third-order valence-electron chi connectivity index (χ3n) is 2.26. The van der Waals surface area contributed by atoms with Crippen molar-refractivity contribution in [3.8, 4) is 0 Å². The molecule has 17 heavy (non-hydrogen) atoms. The monoisotopic (exact) mass is 268 g/mol. The van der Waals surface area contributed by atoms with Gasteiger partial charge in [-0.1, -0.05) is 11.8 Å². The van der Waals surface area contributed by atoms with Gasteiger partial charge in [0, 0.05) is 11.9 Å². The first-order chi connectivity index (χ1) is 8.16. The van der Waals surface area contributed by atoms with Gasteiger partial charge < -0.3 is 9.67 Å². The van der Waals surface area contributed by atoms with E-state index in [1.54, 1.807) is 17.5 Å². The molecule has 0 spiro atoms. The summed E-state index contributed by atoms with van der Waals surface area (Å²) in [6.07, 6.45) is 1.77. The average Bonchev–Trinajstić information content (AvgIpc) is 2.89. The zero-order chi connectivity index (χ0) is 12.3. The molecule has 0 amide bonds. The van der Waals surface area contributed by atoms with Gasteiger partial charge in [-0.15, -0.1) is 0 Å². The Morgan fingerprint density at radius 3 is 3.12 bits per heavy atom. The van der Waals surface area contributed by atoms with Gasteiger partial charge in [-0.05, 0) is 29.3 Å². The van der Waals surface area contributed by atoms with Crippen molar-refractivity contribution in [2.75, 3.05) is 5.75 Å². The standard InChI is InChI=1S/C11H12N2O2S2/c1-8-4-12-11(17-7-10(14)15)13(8)5-9-2-3-16-6-9/h2-4,6H,5,7H2,1H3,(H,14,15). The van der Waals surface area contributed by atoms with E-state index in [0.717, 1.165) is 17.4 Å². The maximum Gasteiger partial charge on any atom is 0.313 e. The Balaban J connectivity index is 2.14. The fourth-order valence-corrected chi connectivity index (χ4v) is 2.84. The number of nitrogens with zero attached hydrogens (tertiary/aromatic N) is 2. The number of imidazole rings is 1. The molecule has 0 aliphatic carbocycles. The van der Waals surface area contributed by atoms with Crippen LogP contribution in [0.2, 0.25) is 0 Å². The molecule has 2 aromatic rings. The summed E-state index contributed by atoms with van der Waals surface area (Å²) in [6.45, 7) is 2.72. The quantitative estimate of drug-likeness (QED) is 0.846. The van der Waals surface area contributed by atoms with E-state index in [1.807, 2.05) is 16.9 Å². The van der Waals surface area contributed by atoms with E-state index in [1.165, 1.54) is 17.3 Å². The summed E-state index contributed by atoms with van der Waals surface area (Å²) in [6, 6.07) is 2.07. The molecule has 0 saturated carbocycles. The maximum atomic E-state index is 10.6. The van der Waals surface area contributed by atoms with Crippen LogP contribution < -0.4 is 0 Å². The van der Waals surface area contributed by atoms with Crippen LogP contribution in [0.15, 0.2) is 28.2 Å². The zero-order valence-corrected chi connectivity index (χ0v) is 10.9. The van der Waals surface area contributed by atoms with Gasteiger partial charge in [-0.2, -0.15) is 11.3 Å². The van der Waals surface area contributed by atoms with Crippen molar-refractivity contribution in [1.29, 1.82) is 0 Å². The second kappa shape index (κ2) is 5.37. The molecule has 0 fully saturated rings. The van der Waals surface area contributed by atoms with Gasteiger partial charge in [0.25, 0.3) is 0 Å². The van der Waals surface area contributed by atoms with Gasteiger partial charge in [0.05, 0.1) is 12.3 Å². The van der Waals surface area contributed by atoms with Crippen molar-refractivity contribution in [1.82, 2.24) is 9.55 Å².